The minimum atomic E-state index is -0.501. The van der Waals surface area contributed by atoms with Crippen molar-refractivity contribution in [3.05, 3.63) is 57.8 Å². The number of carbonyl (C=O) groups excluding carboxylic acids is 1. The number of amides is 1. The van der Waals surface area contributed by atoms with E-state index in [9.17, 15) is 9.18 Å². The Labute approximate surface area is 157 Å². The van der Waals surface area contributed by atoms with Gasteiger partial charge in [-0.3, -0.25) is 4.79 Å². The maximum Gasteiger partial charge on any atom is 0.265 e. The second-order valence-corrected chi connectivity index (χ2v) is 7.67. The van der Waals surface area contributed by atoms with Crippen molar-refractivity contribution >= 4 is 46.3 Å². The Balaban J connectivity index is 1.77. The number of benzene rings is 1. The summed E-state index contributed by atoms with van der Waals surface area (Å²) in [6.45, 7) is 2.05. The molecule has 25 heavy (non-hydrogen) atoms. The zero-order valence-electron chi connectivity index (χ0n) is 13.1. The predicted molar refractivity (Wildman–Crippen MR) is 101 cm³/mol. The molecule has 0 saturated carbocycles. The molecule has 0 saturated heterocycles. The van der Waals surface area contributed by atoms with Gasteiger partial charge in [0.1, 0.15) is 0 Å². The number of halogens is 2. The van der Waals surface area contributed by atoms with Gasteiger partial charge in [-0.1, -0.05) is 18.5 Å². The highest BCUT2D eigenvalue weighted by Crippen LogP contribution is 2.28. The summed E-state index contributed by atoms with van der Waals surface area (Å²) in [5, 5.41) is 5.18. The molecule has 4 nitrogen and oxygen atoms in total. The quantitative estimate of drug-likeness (QED) is 0.592. The zero-order valence-corrected chi connectivity index (χ0v) is 15.5. The minimum absolute atomic E-state index is 0.243. The van der Waals surface area contributed by atoms with Crippen molar-refractivity contribution in [1.82, 2.24) is 9.97 Å². The highest BCUT2D eigenvalue weighted by Gasteiger charge is 2.13. The van der Waals surface area contributed by atoms with E-state index < -0.39 is 5.82 Å². The van der Waals surface area contributed by atoms with Gasteiger partial charge in [0, 0.05) is 26.5 Å². The monoisotopic (exact) mass is 393 g/mol. The van der Waals surface area contributed by atoms with E-state index >= 15 is 0 Å². The second kappa shape index (κ2) is 7.95. The third-order valence-electron chi connectivity index (χ3n) is 3.14. The van der Waals surface area contributed by atoms with Crippen LogP contribution < -0.4 is 5.32 Å². The Morgan fingerprint density at radius 3 is 2.76 bits per heavy atom. The van der Waals surface area contributed by atoms with Crippen LogP contribution in [0.2, 0.25) is 5.02 Å². The van der Waals surface area contributed by atoms with E-state index in [0.29, 0.717) is 27.0 Å². The van der Waals surface area contributed by atoms with Gasteiger partial charge < -0.3 is 5.32 Å². The lowest BCUT2D eigenvalue weighted by atomic mass is 10.2. The Morgan fingerprint density at radius 2 is 2.04 bits per heavy atom. The first kappa shape index (κ1) is 17.8. The van der Waals surface area contributed by atoms with Crippen molar-refractivity contribution < 1.29 is 9.18 Å². The lowest BCUT2D eigenvalue weighted by Gasteiger charge is -2.07. The number of anilines is 1. The normalized spacial score (nSPS) is 10.7. The first-order valence-corrected chi connectivity index (χ1v) is 9.60. The van der Waals surface area contributed by atoms with Gasteiger partial charge >= 0.3 is 0 Å². The van der Waals surface area contributed by atoms with E-state index in [2.05, 4.69) is 22.2 Å². The zero-order chi connectivity index (χ0) is 17.8. The molecule has 1 amide bonds. The Kier molecular flexibility index (Phi) is 5.67. The number of carbonyl (C=O) groups is 1. The standard InChI is InChI=1S/C17H13ClFN3OS2/c1-2-24-14-5-11(18)4-13(6-14)22-17(23)15-3-10(9-25-15)16-20-7-12(19)8-21-16/h3-9H,2H2,1H3,(H,22,23). The summed E-state index contributed by atoms with van der Waals surface area (Å²) in [4.78, 5) is 21.8. The molecule has 0 atom stereocenters. The first-order chi connectivity index (χ1) is 12.0. The average Bonchev–Trinajstić information content (AvgIpc) is 3.05. The molecule has 1 N–H and O–H groups in total. The van der Waals surface area contributed by atoms with Crippen LogP contribution in [0.25, 0.3) is 11.4 Å². The van der Waals surface area contributed by atoms with Gasteiger partial charge in [-0.25, -0.2) is 14.4 Å². The fourth-order valence-electron chi connectivity index (χ4n) is 2.11. The average molecular weight is 394 g/mol. The minimum Gasteiger partial charge on any atom is -0.321 e. The molecule has 2 aromatic heterocycles. The first-order valence-electron chi connectivity index (χ1n) is 7.36. The van der Waals surface area contributed by atoms with Crippen molar-refractivity contribution in [2.45, 2.75) is 11.8 Å². The molecule has 2 heterocycles. The molecule has 0 aliphatic rings. The summed E-state index contributed by atoms with van der Waals surface area (Å²) in [6.07, 6.45) is 2.19. The van der Waals surface area contributed by atoms with E-state index in [1.54, 1.807) is 29.3 Å². The number of hydrogen-bond acceptors (Lipinski definition) is 5. The Bertz CT molecular complexity index is 899. The van der Waals surface area contributed by atoms with Crippen molar-refractivity contribution in [1.29, 1.82) is 0 Å². The number of rotatable bonds is 5. The summed E-state index contributed by atoms with van der Waals surface area (Å²) in [7, 11) is 0. The molecule has 0 fully saturated rings. The SMILES string of the molecule is CCSc1cc(Cl)cc(NC(=O)c2cc(-c3ncc(F)cn3)cs2)c1. The number of aromatic nitrogens is 2. The summed E-state index contributed by atoms with van der Waals surface area (Å²) in [5.74, 6) is 0.549. The summed E-state index contributed by atoms with van der Waals surface area (Å²) in [5.41, 5.74) is 1.31. The molecule has 0 unspecified atom stereocenters. The van der Waals surface area contributed by atoms with Crippen molar-refractivity contribution in [2.75, 3.05) is 11.1 Å². The van der Waals surface area contributed by atoms with Gasteiger partial charge in [-0.2, -0.15) is 0 Å². The van der Waals surface area contributed by atoms with Crippen LogP contribution in [-0.4, -0.2) is 21.6 Å². The van der Waals surface area contributed by atoms with E-state index in [4.69, 9.17) is 11.6 Å². The topological polar surface area (TPSA) is 54.9 Å². The van der Waals surface area contributed by atoms with Crippen LogP contribution in [0.4, 0.5) is 10.1 Å². The molecule has 3 rings (SSSR count). The summed E-state index contributed by atoms with van der Waals surface area (Å²) in [6, 6.07) is 7.13. The van der Waals surface area contributed by atoms with E-state index in [0.717, 1.165) is 23.0 Å². The third kappa shape index (κ3) is 4.56. The molecule has 128 valence electrons. The van der Waals surface area contributed by atoms with Crippen LogP contribution >= 0.6 is 34.7 Å². The van der Waals surface area contributed by atoms with E-state index in [-0.39, 0.29) is 5.91 Å². The largest absolute Gasteiger partial charge is 0.321 e. The highest BCUT2D eigenvalue weighted by atomic mass is 35.5. The number of nitrogens with zero attached hydrogens (tertiary/aromatic N) is 2. The maximum atomic E-state index is 12.9. The van der Waals surface area contributed by atoms with Gasteiger partial charge in [0.05, 0.1) is 17.3 Å². The van der Waals surface area contributed by atoms with Crippen LogP contribution in [0, 0.1) is 5.82 Å². The molecule has 1 aromatic carbocycles. The second-order valence-electron chi connectivity index (χ2n) is 4.99. The van der Waals surface area contributed by atoms with Gasteiger partial charge in [-0.05, 0) is 30.0 Å². The van der Waals surface area contributed by atoms with E-state index in [1.807, 2.05) is 12.1 Å². The summed E-state index contributed by atoms with van der Waals surface area (Å²) < 4.78 is 12.9. The van der Waals surface area contributed by atoms with Gasteiger partial charge in [-0.15, -0.1) is 23.1 Å². The molecule has 0 bridgehead atoms. The van der Waals surface area contributed by atoms with Crippen molar-refractivity contribution in [2.24, 2.45) is 0 Å². The lowest BCUT2D eigenvalue weighted by Crippen LogP contribution is -2.10. The van der Waals surface area contributed by atoms with Crippen molar-refractivity contribution in [3.8, 4) is 11.4 Å². The highest BCUT2D eigenvalue weighted by molar-refractivity contribution is 7.99. The molecular formula is C17H13ClFN3OS2. The number of nitrogens with one attached hydrogen (secondary N) is 1. The fourth-order valence-corrected chi connectivity index (χ4v) is 3.95. The molecule has 8 heteroatoms. The number of thiophene rings is 1. The molecule has 3 aromatic rings. The molecule has 0 spiro atoms. The van der Waals surface area contributed by atoms with Crippen LogP contribution in [0.3, 0.4) is 0 Å². The Morgan fingerprint density at radius 1 is 1.28 bits per heavy atom. The third-order valence-corrected chi connectivity index (χ3v) is 5.15. The molecule has 0 aliphatic carbocycles. The number of hydrogen-bond donors (Lipinski definition) is 1. The van der Waals surface area contributed by atoms with Gasteiger partial charge in [0.25, 0.3) is 5.91 Å². The lowest BCUT2D eigenvalue weighted by molar-refractivity contribution is 0.103. The molecule has 0 radical (unpaired) electrons. The predicted octanol–water partition coefficient (Wildman–Crippen LogP) is 5.36. The molecular weight excluding hydrogens is 381 g/mol. The van der Waals surface area contributed by atoms with Gasteiger partial charge in [0.2, 0.25) is 0 Å². The smallest absolute Gasteiger partial charge is 0.265 e. The van der Waals surface area contributed by atoms with Crippen molar-refractivity contribution in [3.63, 3.8) is 0 Å². The van der Waals surface area contributed by atoms with E-state index in [1.165, 1.54) is 11.3 Å². The number of thioether (sulfide) groups is 1. The van der Waals surface area contributed by atoms with Crippen LogP contribution in [0.15, 0.2) is 46.9 Å². The van der Waals surface area contributed by atoms with Crippen LogP contribution in [0.5, 0.6) is 0 Å². The fraction of sp³-hybridized carbons (Fsp3) is 0.118. The Hall–Kier alpha value is -1.96. The van der Waals surface area contributed by atoms with Crippen LogP contribution in [-0.2, 0) is 0 Å². The van der Waals surface area contributed by atoms with Gasteiger partial charge in [0.15, 0.2) is 11.6 Å². The summed E-state index contributed by atoms with van der Waals surface area (Å²) >= 11 is 9.02. The van der Waals surface area contributed by atoms with Crippen LogP contribution in [0.1, 0.15) is 16.6 Å². The maximum absolute atomic E-state index is 12.9. The molecule has 0 aliphatic heterocycles.